The molecule has 0 aromatic heterocycles. The summed E-state index contributed by atoms with van der Waals surface area (Å²) in [6, 6.07) is 2.85. The third-order valence-electron chi connectivity index (χ3n) is 4.48. The molecule has 2 N–H and O–H groups in total. The van der Waals surface area contributed by atoms with Gasteiger partial charge in [0.05, 0.1) is 0 Å². The van der Waals surface area contributed by atoms with Crippen LogP contribution < -0.4 is 0 Å². The minimum Gasteiger partial charge on any atom is -0.480 e. The van der Waals surface area contributed by atoms with Crippen molar-refractivity contribution in [1.29, 1.82) is 0 Å². The number of carbonyl (C=O) groups is 2. The number of allylic oxidation sites excluding steroid dienone is 2. The Morgan fingerprint density at radius 1 is 1.29 bits per heavy atom. The Labute approximate surface area is 147 Å². The summed E-state index contributed by atoms with van der Waals surface area (Å²) in [5, 5.41) is 19.8. The predicted octanol–water partition coefficient (Wildman–Crippen LogP) is 3.75. The van der Waals surface area contributed by atoms with E-state index in [9.17, 15) is 24.2 Å². The minimum atomic E-state index is -1.72. The highest BCUT2D eigenvalue weighted by Crippen LogP contribution is 2.42. The predicted molar refractivity (Wildman–Crippen MR) is 92.0 cm³/mol. The maximum Gasteiger partial charge on any atom is 0.331 e. The average molecular weight is 397 g/mol. The van der Waals surface area contributed by atoms with E-state index in [0.717, 1.165) is 5.56 Å². The summed E-state index contributed by atoms with van der Waals surface area (Å²) in [6.45, 7) is 3.40. The maximum atomic E-state index is 14.7. The van der Waals surface area contributed by atoms with Gasteiger partial charge in [-0.2, -0.15) is 0 Å². The van der Waals surface area contributed by atoms with Crippen molar-refractivity contribution >= 4 is 27.9 Å². The van der Waals surface area contributed by atoms with Crippen molar-refractivity contribution < 1.29 is 24.2 Å². The summed E-state index contributed by atoms with van der Waals surface area (Å²) in [5.41, 5.74) is 0.184. The van der Waals surface area contributed by atoms with Gasteiger partial charge in [-0.1, -0.05) is 34.1 Å². The van der Waals surface area contributed by atoms with Gasteiger partial charge in [0, 0.05) is 22.9 Å². The number of rotatable bonds is 5. The van der Waals surface area contributed by atoms with E-state index in [1.807, 2.05) is 0 Å². The van der Waals surface area contributed by atoms with E-state index >= 15 is 0 Å². The highest BCUT2D eigenvalue weighted by molar-refractivity contribution is 9.09. The van der Waals surface area contributed by atoms with E-state index in [4.69, 9.17) is 0 Å². The van der Waals surface area contributed by atoms with Gasteiger partial charge in [0.2, 0.25) is 0 Å². The lowest BCUT2D eigenvalue weighted by molar-refractivity contribution is -0.142. The van der Waals surface area contributed by atoms with Gasteiger partial charge in [-0.15, -0.1) is 0 Å². The molecule has 1 aromatic carbocycles. The highest BCUT2D eigenvalue weighted by Gasteiger charge is 2.45. The topological polar surface area (TPSA) is 74.6 Å². The monoisotopic (exact) mass is 396 g/mol. The molecule has 6 heteroatoms. The first-order valence-corrected chi connectivity index (χ1v) is 8.57. The van der Waals surface area contributed by atoms with E-state index in [-0.39, 0.29) is 17.6 Å². The van der Waals surface area contributed by atoms with Crippen LogP contribution in [0.25, 0.3) is 0 Å². The second-order valence-electron chi connectivity index (χ2n) is 5.91. The number of alkyl halides is 1. The molecule has 0 radical (unpaired) electrons. The number of carboxylic acid groups (broad SMARTS) is 2. The van der Waals surface area contributed by atoms with Crippen molar-refractivity contribution in [1.82, 2.24) is 0 Å². The van der Waals surface area contributed by atoms with Gasteiger partial charge in [-0.05, 0) is 43.0 Å². The van der Waals surface area contributed by atoms with Gasteiger partial charge < -0.3 is 10.2 Å². The van der Waals surface area contributed by atoms with E-state index in [0.29, 0.717) is 22.9 Å². The summed E-state index contributed by atoms with van der Waals surface area (Å²) in [7, 11) is 0. The number of aryl methyl sites for hydroxylation is 1. The molecule has 1 aliphatic carbocycles. The fourth-order valence-corrected chi connectivity index (χ4v) is 3.53. The average Bonchev–Trinajstić information content (AvgIpc) is 2.52. The third-order valence-corrected chi connectivity index (χ3v) is 4.87. The Balaban J connectivity index is 2.76. The molecule has 0 heterocycles. The minimum absolute atomic E-state index is 0.00871. The van der Waals surface area contributed by atoms with Crippen LogP contribution in [0.1, 0.15) is 30.0 Å². The smallest absolute Gasteiger partial charge is 0.331 e. The molecule has 1 unspecified atom stereocenters. The molecule has 0 fully saturated rings. The molecule has 2 rings (SSSR count). The fraction of sp³-hybridized carbons (Fsp3) is 0.333. The summed E-state index contributed by atoms with van der Waals surface area (Å²) in [4.78, 5) is 23.6. The van der Waals surface area contributed by atoms with Crippen molar-refractivity contribution in [3.05, 3.63) is 57.9 Å². The van der Waals surface area contributed by atoms with Gasteiger partial charge >= 0.3 is 11.9 Å². The van der Waals surface area contributed by atoms with Crippen LogP contribution in [0.15, 0.2) is 35.4 Å². The summed E-state index contributed by atoms with van der Waals surface area (Å²) in [6.07, 6.45) is 3.04. The Hall–Kier alpha value is -1.95. The molecule has 0 spiro atoms. The van der Waals surface area contributed by atoms with Crippen molar-refractivity contribution in [2.75, 3.05) is 5.33 Å². The van der Waals surface area contributed by atoms with Crippen molar-refractivity contribution in [3.63, 3.8) is 0 Å². The standard InChI is InChI=1S/C18H18BrFO4/c1-10-3-4-14(20)15(12(10)6-8-19)18(17(23)24)7-5-11(2)13(9-18)16(21)22/h3-5,7H,6,8-9H2,1-2H3,(H,21,22)(H,23,24). The summed E-state index contributed by atoms with van der Waals surface area (Å²) >= 11 is 3.31. The zero-order chi connectivity index (χ0) is 18.1. The lowest BCUT2D eigenvalue weighted by atomic mass is 9.69. The largest absolute Gasteiger partial charge is 0.480 e. The first-order chi connectivity index (χ1) is 11.2. The van der Waals surface area contributed by atoms with E-state index in [2.05, 4.69) is 15.9 Å². The van der Waals surface area contributed by atoms with Crippen LogP contribution in [0.3, 0.4) is 0 Å². The molecule has 0 aliphatic heterocycles. The van der Waals surface area contributed by atoms with Gasteiger partial charge in [0.1, 0.15) is 11.2 Å². The van der Waals surface area contributed by atoms with Crippen LogP contribution in [0.5, 0.6) is 0 Å². The molecule has 128 valence electrons. The second kappa shape index (κ2) is 6.89. The molecule has 0 bridgehead atoms. The number of aliphatic carboxylic acids is 2. The van der Waals surface area contributed by atoms with E-state index in [1.54, 1.807) is 19.9 Å². The number of hydrogen-bond donors (Lipinski definition) is 2. The highest BCUT2D eigenvalue weighted by atomic mass is 79.9. The van der Waals surface area contributed by atoms with E-state index < -0.39 is 23.2 Å². The number of benzene rings is 1. The SMILES string of the molecule is CC1=C(C(=O)O)CC(C(=O)O)(c2c(F)ccc(C)c2CCBr)C=C1. The van der Waals surface area contributed by atoms with Gasteiger partial charge in [0.25, 0.3) is 0 Å². The zero-order valence-corrected chi connectivity index (χ0v) is 15.0. The molecule has 1 atom stereocenters. The normalized spacial score (nSPS) is 20.3. The third kappa shape index (κ3) is 3.02. The molecule has 1 aliphatic rings. The van der Waals surface area contributed by atoms with Crippen molar-refractivity contribution in [2.24, 2.45) is 0 Å². The van der Waals surface area contributed by atoms with Crippen LogP contribution in [-0.2, 0) is 21.4 Å². The van der Waals surface area contributed by atoms with Crippen molar-refractivity contribution in [3.8, 4) is 0 Å². The quantitative estimate of drug-likeness (QED) is 0.743. The van der Waals surface area contributed by atoms with Crippen LogP contribution in [-0.4, -0.2) is 27.5 Å². The van der Waals surface area contributed by atoms with Crippen LogP contribution in [0, 0.1) is 12.7 Å². The number of carboxylic acids is 2. The lowest BCUT2D eigenvalue weighted by Gasteiger charge is -2.33. The Kier molecular flexibility index (Phi) is 5.28. The second-order valence-corrected chi connectivity index (χ2v) is 6.70. The first kappa shape index (κ1) is 18.4. The van der Waals surface area contributed by atoms with Crippen LogP contribution in [0.4, 0.5) is 4.39 Å². The zero-order valence-electron chi connectivity index (χ0n) is 13.4. The molecular weight excluding hydrogens is 379 g/mol. The summed E-state index contributed by atoms with van der Waals surface area (Å²) in [5.74, 6) is -3.07. The molecule has 24 heavy (non-hydrogen) atoms. The van der Waals surface area contributed by atoms with Crippen LogP contribution >= 0.6 is 15.9 Å². The lowest BCUT2D eigenvalue weighted by Crippen LogP contribution is -2.39. The van der Waals surface area contributed by atoms with E-state index in [1.165, 1.54) is 18.2 Å². The van der Waals surface area contributed by atoms with Crippen LogP contribution in [0.2, 0.25) is 0 Å². The molecule has 0 amide bonds. The molecule has 4 nitrogen and oxygen atoms in total. The molecular formula is C18H18BrFO4. The van der Waals surface area contributed by atoms with Gasteiger partial charge in [0.15, 0.2) is 0 Å². The Morgan fingerprint density at radius 2 is 1.96 bits per heavy atom. The number of hydrogen-bond acceptors (Lipinski definition) is 2. The van der Waals surface area contributed by atoms with Gasteiger partial charge in [-0.25, -0.2) is 9.18 Å². The Bertz CT molecular complexity index is 767. The maximum absolute atomic E-state index is 14.7. The number of halogens is 2. The fourth-order valence-electron chi connectivity index (χ4n) is 3.14. The molecule has 1 aromatic rings. The summed E-state index contributed by atoms with van der Waals surface area (Å²) < 4.78 is 14.7. The first-order valence-electron chi connectivity index (χ1n) is 7.44. The van der Waals surface area contributed by atoms with Gasteiger partial charge in [-0.3, -0.25) is 4.79 Å². The molecule has 0 saturated heterocycles. The molecule has 0 saturated carbocycles. The van der Waals surface area contributed by atoms with Crippen molar-refractivity contribution in [2.45, 2.75) is 32.1 Å². The Morgan fingerprint density at radius 3 is 2.50 bits per heavy atom.